The van der Waals surface area contributed by atoms with E-state index in [4.69, 9.17) is 21.1 Å². The van der Waals surface area contributed by atoms with Crippen molar-refractivity contribution in [2.45, 2.75) is 25.7 Å². The molecule has 2 N–H and O–H groups in total. The van der Waals surface area contributed by atoms with E-state index in [-0.39, 0.29) is 12.0 Å². The van der Waals surface area contributed by atoms with Crippen LogP contribution in [0.5, 0.6) is 5.75 Å². The lowest BCUT2D eigenvalue weighted by Crippen LogP contribution is -2.43. The van der Waals surface area contributed by atoms with Crippen molar-refractivity contribution in [2.24, 2.45) is 0 Å². The molecule has 1 aliphatic rings. The molecule has 0 radical (unpaired) electrons. The average Bonchev–Trinajstić information content (AvgIpc) is 3.18. The second-order valence-electron chi connectivity index (χ2n) is 6.64. The number of nitrogens with one attached hydrogen (secondary N) is 2. The molecule has 0 saturated heterocycles. The van der Waals surface area contributed by atoms with Crippen LogP contribution in [0.15, 0.2) is 36.4 Å². The maximum Gasteiger partial charge on any atom is 0.310 e. The Kier molecular flexibility index (Phi) is 6.72. The van der Waals surface area contributed by atoms with Crippen LogP contribution in [0.1, 0.15) is 33.5 Å². The van der Waals surface area contributed by atoms with Crippen molar-refractivity contribution in [3.63, 3.8) is 0 Å². The van der Waals surface area contributed by atoms with E-state index < -0.39 is 24.4 Å². The Morgan fingerprint density at radius 1 is 1.03 bits per heavy atom. The highest BCUT2D eigenvalue weighted by molar-refractivity contribution is 6.31. The summed E-state index contributed by atoms with van der Waals surface area (Å²) in [6.07, 6.45) is 3.33. The van der Waals surface area contributed by atoms with Crippen LogP contribution in [0.3, 0.4) is 0 Å². The van der Waals surface area contributed by atoms with Crippen LogP contribution in [0.25, 0.3) is 0 Å². The van der Waals surface area contributed by atoms with Gasteiger partial charge in [-0.2, -0.15) is 0 Å². The number of esters is 1. The number of hydrazine groups is 1. The van der Waals surface area contributed by atoms with Crippen LogP contribution >= 0.6 is 11.6 Å². The lowest BCUT2D eigenvalue weighted by Gasteiger charge is -2.11. The summed E-state index contributed by atoms with van der Waals surface area (Å²) in [5.41, 5.74) is 8.04. The van der Waals surface area contributed by atoms with E-state index in [1.807, 2.05) is 18.2 Å². The Morgan fingerprint density at radius 2 is 1.83 bits per heavy atom. The smallest absolute Gasteiger partial charge is 0.310 e. The largest absolute Gasteiger partial charge is 0.496 e. The number of halogens is 1. The molecular formula is C21H21ClN2O5. The van der Waals surface area contributed by atoms with Crippen molar-refractivity contribution in [3.05, 3.63) is 63.7 Å². The molecule has 7 nitrogen and oxygen atoms in total. The molecule has 0 heterocycles. The molecule has 1 aliphatic carbocycles. The Bertz CT molecular complexity index is 945. The normalized spacial score (nSPS) is 12.1. The second kappa shape index (κ2) is 9.43. The van der Waals surface area contributed by atoms with Gasteiger partial charge in [-0.25, -0.2) is 0 Å². The maximum absolute atomic E-state index is 12.2. The van der Waals surface area contributed by atoms with Gasteiger partial charge in [0.1, 0.15) is 5.75 Å². The number of rotatable bonds is 6. The number of ether oxygens (including phenoxy) is 2. The molecule has 0 bridgehead atoms. The number of methoxy groups -OCH3 is 1. The second-order valence-corrected chi connectivity index (χ2v) is 7.08. The van der Waals surface area contributed by atoms with Crippen molar-refractivity contribution in [2.75, 3.05) is 13.7 Å². The first-order chi connectivity index (χ1) is 14.0. The molecule has 0 unspecified atom stereocenters. The fraction of sp³-hybridized carbons (Fsp3) is 0.286. The van der Waals surface area contributed by atoms with Crippen molar-refractivity contribution >= 4 is 29.4 Å². The van der Waals surface area contributed by atoms with Crippen molar-refractivity contribution in [3.8, 4) is 5.75 Å². The number of fused-ring (bicyclic) bond motifs is 1. The molecule has 0 atom stereocenters. The third-order valence-corrected chi connectivity index (χ3v) is 4.83. The van der Waals surface area contributed by atoms with Crippen LogP contribution in [0.4, 0.5) is 0 Å². The number of hydrogen-bond acceptors (Lipinski definition) is 5. The molecule has 0 saturated carbocycles. The Labute approximate surface area is 173 Å². The minimum Gasteiger partial charge on any atom is -0.496 e. The first-order valence-electron chi connectivity index (χ1n) is 9.15. The molecule has 29 heavy (non-hydrogen) atoms. The Balaban J connectivity index is 1.44. The SMILES string of the molecule is COc1ccc(Cl)cc1C(=O)NNC(=O)COC(=O)Cc1ccc2c(c1)CCC2. The highest BCUT2D eigenvalue weighted by Crippen LogP contribution is 2.23. The van der Waals surface area contributed by atoms with E-state index in [9.17, 15) is 14.4 Å². The van der Waals surface area contributed by atoms with Gasteiger partial charge in [0.15, 0.2) is 6.61 Å². The summed E-state index contributed by atoms with van der Waals surface area (Å²) in [4.78, 5) is 36.0. The highest BCUT2D eigenvalue weighted by atomic mass is 35.5. The van der Waals surface area contributed by atoms with Gasteiger partial charge in [0.25, 0.3) is 11.8 Å². The fourth-order valence-electron chi connectivity index (χ4n) is 3.19. The van der Waals surface area contributed by atoms with Gasteiger partial charge in [-0.05, 0) is 54.2 Å². The molecule has 152 valence electrons. The lowest BCUT2D eigenvalue weighted by atomic mass is 10.0. The van der Waals surface area contributed by atoms with E-state index in [0.717, 1.165) is 24.8 Å². The third-order valence-electron chi connectivity index (χ3n) is 4.60. The summed E-state index contributed by atoms with van der Waals surface area (Å²) >= 11 is 5.88. The highest BCUT2D eigenvalue weighted by Gasteiger charge is 2.16. The van der Waals surface area contributed by atoms with E-state index in [2.05, 4.69) is 10.9 Å². The third kappa shape index (κ3) is 5.48. The number of hydrogen-bond donors (Lipinski definition) is 2. The van der Waals surface area contributed by atoms with Gasteiger partial charge in [-0.3, -0.25) is 25.2 Å². The predicted octanol–water partition coefficient (Wildman–Crippen LogP) is 2.38. The zero-order chi connectivity index (χ0) is 20.8. The first-order valence-corrected chi connectivity index (χ1v) is 9.53. The molecule has 2 amide bonds. The Morgan fingerprint density at radius 3 is 2.62 bits per heavy atom. The van der Waals surface area contributed by atoms with E-state index in [1.165, 1.54) is 24.3 Å². The quantitative estimate of drug-likeness (QED) is 0.557. The zero-order valence-electron chi connectivity index (χ0n) is 15.9. The van der Waals surface area contributed by atoms with Crippen molar-refractivity contribution in [1.82, 2.24) is 10.9 Å². The number of benzene rings is 2. The standard InChI is InChI=1S/C21H21ClN2O5/c1-28-18-8-7-16(22)11-17(18)21(27)24-23-19(25)12-29-20(26)10-13-5-6-14-3-2-4-15(14)9-13/h5-9,11H,2-4,10,12H2,1H3,(H,23,25)(H,24,27). The van der Waals surface area contributed by atoms with Gasteiger partial charge in [0.05, 0.1) is 19.1 Å². The van der Waals surface area contributed by atoms with Gasteiger partial charge in [0, 0.05) is 5.02 Å². The topological polar surface area (TPSA) is 93.7 Å². The van der Waals surface area contributed by atoms with E-state index in [0.29, 0.717) is 10.8 Å². The zero-order valence-corrected chi connectivity index (χ0v) is 16.7. The Hall–Kier alpha value is -3.06. The summed E-state index contributed by atoms with van der Waals surface area (Å²) in [7, 11) is 1.42. The van der Waals surface area contributed by atoms with Crippen LogP contribution in [0, 0.1) is 0 Å². The molecule has 2 aromatic rings. The number of carbonyl (C=O) groups excluding carboxylic acids is 3. The van der Waals surface area contributed by atoms with Gasteiger partial charge in [-0.1, -0.05) is 29.8 Å². The minimum absolute atomic E-state index is 0.0899. The summed E-state index contributed by atoms with van der Waals surface area (Å²) in [5, 5.41) is 0.350. The summed E-state index contributed by atoms with van der Waals surface area (Å²) in [6.45, 7) is -0.503. The van der Waals surface area contributed by atoms with Crippen molar-refractivity contribution in [1.29, 1.82) is 0 Å². The average molecular weight is 417 g/mol. The number of amides is 2. The number of aryl methyl sites for hydroxylation is 2. The van der Waals surface area contributed by atoms with Crippen LogP contribution in [-0.2, 0) is 33.6 Å². The molecule has 2 aromatic carbocycles. The molecule has 0 spiro atoms. The molecule has 3 rings (SSSR count). The monoisotopic (exact) mass is 416 g/mol. The molecule has 0 aromatic heterocycles. The van der Waals surface area contributed by atoms with Crippen molar-refractivity contribution < 1.29 is 23.9 Å². The van der Waals surface area contributed by atoms with Gasteiger partial charge < -0.3 is 9.47 Å². The summed E-state index contributed by atoms with van der Waals surface area (Å²) in [6, 6.07) is 10.5. The van der Waals surface area contributed by atoms with Gasteiger partial charge in [0.2, 0.25) is 0 Å². The van der Waals surface area contributed by atoms with E-state index in [1.54, 1.807) is 12.1 Å². The fourth-order valence-corrected chi connectivity index (χ4v) is 3.36. The lowest BCUT2D eigenvalue weighted by molar-refractivity contribution is -0.148. The molecule has 0 fully saturated rings. The van der Waals surface area contributed by atoms with E-state index >= 15 is 0 Å². The molecule has 8 heteroatoms. The van der Waals surface area contributed by atoms with Crippen LogP contribution in [-0.4, -0.2) is 31.5 Å². The van der Waals surface area contributed by atoms with Gasteiger partial charge >= 0.3 is 5.97 Å². The number of carbonyl (C=O) groups is 3. The molecular weight excluding hydrogens is 396 g/mol. The van der Waals surface area contributed by atoms with Crippen LogP contribution in [0.2, 0.25) is 5.02 Å². The predicted molar refractivity (Wildman–Crippen MR) is 107 cm³/mol. The van der Waals surface area contributed by atoms with Gasteiger partial charge in [-0.15, -0.1) is 0 Å². The minimum atomic E-state index is -0.665. The summed E-state index contributed by atoms with van der Waals surface area (Å²) in [5.74, 6) is -1.48. The molecule has 0 aliphatic heterocycles. The first kappa shape index (κ1) is 20.7. The van der Waals surface area contributed by atoms with Crippen LogP contribution < -0.4 is 15.6 Å². The summed E-state index contributed by atoms with van der Waals surface area (Å²) < 4.78 is 10.1. The maximum atomic E-state index is 12.2.